The lowest BCUT2D eigenvalue weighted by molar-refractivity contribution is -0.123. The molecule has 1 N–H and O–H groups in total. The maximum Gasteiger partial charge on any atom is 0.235 e. The molecule has 2 heterocycles. The SMILES string of the molecule is O=C1Nc2cnc3ccccc3c2C12CCC2. The highest BCUT2D eigenvalue weighted by Crippen LogP contribution is 2.52. The first-order valence-electron chi connectivity index (χ1n) is 6.01. The molecule has 17 heavy (non-hydrogen) atoms. The van der Waals surface area contributed by atoms with E-state index in [4.69, 9.17) is 0 Å². The van der Waals surface area contributed by atoms with E-state index in [0.29, 0.717) is 0 Å². The van der Waals surface area contributed by atoms with E-state index in [-0.39, 0.29) is 11.3 Å². The van der Waals surface area contributed by atoms with Crippen LogP contribution in [0, 0.1) is 0 Å². The minimum absolute atomic E-state index is 0.164. The molecule has 1 aromatic carbocycles. The average molecular weight is 224 g/mol. The fraction of sp³-hybridized carbons (Fsp3) is 0.286. The van der Waals surface area contributed by atoms with Gasteiger partial charge in [0.1, 0.15) is 0 Å². The Kier molecular flexibility index (Phi) is 1.54. The highest BCUT2D eigenvalue weighted by atomic mass is 16.2. The number of benzene rings is 1. The molecule has 1 aliphatic heterocycles. The quantitative estimate of drug-likeness (QED) is 0.747. The van der Waals surface area contributed by atoms with Gasteiger partial charge in [-0.2, -0.15) is 0 Å². The van der Waals surface area contributed by atoms with Gasteiger partial charge < -0.3 is 5.32 Å². The van der Waals surface area contributed by atoms with Crippen molar-refractivity contribution in [3.05, 3.63) is 36.0 Å². The predicted octanol–water partition coefficient (Wildman–Crippen LogP) is 2.61. The number of carbonyl (C=O) groups excluding carboxylic acids is 1. The summed E-state index contributed by atoms with van der Waals surface area (Å²) in [5, 5.41) is 4.11. The van der Waals surface area contributed by atoms with Gasteiger partial charge in [-0.05, 0) is 18.9 Å². The van der Waals surface area contributed by atoms with Crippen molar-refractivity contribution in [1.82, 2.24) is 4.98 Å². The van der Waals surface area contributed by atoms with Crippen LogP contribution in [-0.2, 0) is 10.2 Å². The van der Waals surface area contributed by atoms with Crippen LogP contribution in [0.15, 0.2) is 30.5 Å². The summed E-state index contributed by atoms with van der Waals surface area (Å²) < 4.78 is 0. The lowest BCUT2D eigenvalue weighted by Crippen LogP contribution is -2.40. The predicted molar refractivity (Wildman–Crippen MR) is 65.9 cm³/mol. The Morgan fingerprint density at radius 2 is 2.06 bits per heavy atom. The van der Waals surface area contributed by atoms with Gasteiger partial charge in [-0.25, -0.2) is 0 Å². The summed E-state index contributed by atoms with van der Waals surface area (Å²) in [7, 11) is 0. The number of amides is 1. The molecule has 1 aromatic heterocycles. The van der Waals surface area contributed by atoms with Crippen molar-refractivity contribution >= 4 is 22.5 Å². The van der Waals surface area contributed by atoms with Crippen molar-refractivity contribution in [3.63, 3.8) is 0 Å². The Bertz CT molecular complexity index is 644. The monoisotopic (exact) mass is 224 g/mol. The molecule has 3 heteroatoms. The number of carbonyl (C=O) groups is 1. The maximum atomic E-state index is 12.1. The van der Waals surface area contributed by atoms with Gasteiger partial charge in [0.2, 0.25) is 5.91 Å². The minimum atomic E-state index is -0.252. The second-order valence-corrected chi connectivity index (χ2v) is 4.95. The zero-order chi connectivity index (χ0) is 11.5. The van der Waals surface area contributed by atoms with Gasteiger partial charge in [0, 0.05) is 10.9 Å². The summed E-state index contributed by atoms with van der Waals surface area (Å²) in [4.78, 5) is 16.5. The Labute approximate surface area is 98.9 Å². The van der Waals surface area contributed by atoms with Crippen LogP contribution in [-0.4, -0.2) is 10.9 Å². The van der Waals surface area contributed by atoms with Crippen LogP contribution in [0.5, 0.6) is 0 Å². The standard InChI is InChI=1S/C14H12N2O/c17-13-14(6-3-7-14)12-9-4-1-2-5-10(9)15-8-11(12)16-13/h1-2,4-5,8H,3,6-7H2,(H,16,17). The van der Waals surface area contributed by atoms with Gasteiger partial charge in [0.05, 0.1) is 22.8 Å². The van der Waals surface area contributed by atoms with E-state index in [1.165, 1.54) is 5.56 Å². The Hall–Kier alpha value is -1.90. The second-order valence-electron chi connectivity index (χ2n) is 4.95. The molecule has 3 nitrogen and oxygen atoms in total. The molecule has 1 fully saturated rings. The number of pyridine rings is 1. The first-order valence-corrected chi connectivity index (χ1v) is 6.01. The maximum absolute atomic E-state index is 12.1. The largest absolute Gasteiger partial charge is 0.324 e. The molecule has 0 radical (unpaired) electrons. The van der Waals surface area contributed by atoms with E-state index < -0.39 is 0 Å². The van der Waals surface area contributed by atoms with E-state index in [2.05, 4.69) is 16.4 Å². The van der Waals surface area contributed by atoms with E-state index in [1.54, 1.807) is 6.20 Å². The van der Waals surface area contributed by atoms with Crippen LogP contribution in [0.1, 0.15) is 24.8 Å². The third-order valence-electron chi connectivity index (χ3n) is 4.14. The summed E-state index contributed by atoms with van der Waals surface area (Å²) in [6.45, 7) is 0. The molecular weight excluding hydrogens is 212 g/mol. The Morgan fingerprint density at radius 3 is 2.82 bits per heavy atom. The van der Waals surface area contributed by atoms with Crippen LogP contribution in [0.3, 0.4) is 0 Å². The zero-order valence-corrected chi connectivity index (χ0v) is 9.36. The number of fused-ring (bicyclic) bond motifs is 4. The first-order chi connectivity index (χ1) is 8.31. The van der Waals surface area contributed by atoms with Gasteiger partial charge in [-0.15, -0.1) is 0 Å². The molecule has 2 aromatic rings. The Balaban J connectivity index is 2.11. The highest BCUT2D eigenvalue weighted by Gasteiger charge is 2.51. The number of nitrogens with one attached hydrogen (secondary N) is 1. The molecule has 1 amide bonds. The summed E-state index contributed by atoms with van der Waals surface area (Å²) >= 11 is 0. The summed E-state index contributed by atoms with van der Waals surface area (Å²) in [6.07, 6.45) is 4.88. The van der Waals surface area contributed by atoms with Crippen molar-refractivity contribution in [2.75, 3.05) is 5.32 Å². The molecule has 2 aliphatic rings. The third-order valence-corrected chi connectivity index (χ3v) is 4.14. The highest BCUT2D eigenvalue weighted by molar-refractivity contribution is 6.11. The van der Waals surface area contributed by atoms with Gasteiger partial charge in [-0.1, -0.05) is 24.6 Å². The third kappa shape index (κ3) is 0.971. The van der Waals surface area contributed by atoms with Crippen LogP contribution in [0.25, 0.3) is 10.9 Å². The van der Waals surface area contributed by atoms with Crippen molar-refractivity contribution in [2.45, 2.75) is 24.7 Å². The number of hydrogen-bond donors (Lipinski definition) is 1. The fourth-order valence-corrected chi connectivity index (χ4v) is 3.11. The fourth-order valence-electron chi connectivity index (χ4n) is 3.11. The van der Waals surface area contributed by atoms with Crippen molar-refractivity contribution in [2.24, 2.45) is 0 Å². The molecule has 4 rings (SSSR count). The lowest BCUT2D eigenvalue weighted by Gasteiger charge is -2.36. The van der Waals surface area contributed by atoms with Crippen molar-refractivity contribution in [3.8, 4) is 0 Å². The van der Waals surface area contributed by atoms with Crippen molar-refractivity contribution in [1.29, 1.82) is 0 Å². The summed E-state index contributed by atoms with van der Waals surface area (Å²) in [6, 6.07) is 8.07. The summed E-state index contributed by atoms with van der Waals surface area (Å²) in [5.41, 5.74) is 2.82. The zero-order valence-electron chi connectivity index (χ0n) is 9.36. The Morgan fingerprint density at radius 1 is 1.24 bits per heavy atom. The first kappa shape index (κ1) is 9.16. The molecule has 1 saturated carbocycles. The summed E-state index contributed by atoms with van der Waals surface area (Å²) in [5.74, 6) is 0.164. The normalized spacial score (nSPS) is 20.1. The number of nitrogens with zero attached hydrogens (tertiary/aromatic N) is 1. The molecule has 0 atom stereocenters. The van der Waals surface area contributed by atoms with Crippen LogP contribution < -0.4 is 5.32 Å². The minimum Gasteiger partial charge on any atom is -0.324 e. The van der Waals surface area contributed by atoms with Crippen LogP contribution in [0.4, 0.5) is 5.69 Å². The number of anilines is 1. The number of aromatic nitrogens is 1. The van der Waals surface area contributed by atoms with Crippen LogP contribution in [0.2, 0.25) is 0 Å². The van der Waals surface area contributed by atoms with Gasteiger partial charge in [-0.3, -0.25) is 9.78 Å². The lowest BCUT2D eigenvalue weighted by atomic mass is 9.64. The molecule has 0 bridgehead atoms. The van der Waals surface area contributed by atoms with Gasteiger partial charge in [0.25, 0.3) is 0 Å². The molecule has 0 saturated heterocycles. The van der Waals surface area contributed by atoms with Gasteiger partial charge >= 0.3 is 0 Å². The number of rotatable bonds is 0. The van der Waals surface area contributed by atoms with E-state index in [1.807, 2.05) is 18.2 Å². The molecule has 0 unspecified atom stereocenters. The van der Waals surface area contributed by atoms with Crippen LogP contribution >= 0.6 is 0 Å². The smallest absolute Gasteiger partial charge is 0.235 e. The second kappa shape index (κ2) is 2.86. The number of hydrogen-bond acceptors (Lipinski definition) is 2. The van der Waals surface area contributed by atoms with Crippen molar-refractivity contribution < 1.29 is 4.79 Å². The molecule has 84 valence electrons. The number of para-hydroxylation sites is 1. The van der Waals surface area contributed by atoms with Gasteiger partial charge in [0.15, 0.2) is 0 Å². The molecule has 1 aliphatic carbocycles. The average Bonchev–Trinajstić information content (AvgIpc) is 2.61. The topological polar surface area (TPSA) is 42.0 Å². The molecular formula is C14H12N2O. The van der Waals surface area contributed by atoms with E-state index in [0.717, 1.165) is 35.9 Å². The van der Waals surface area contributed by atoms with E-state index >= 15 is 0 Å². The van der Waals surface area contributed by atoms with E-state index in [9.17, 15) is 4.79 Å². The molecule has 1 spiro atoms.